The molecule has 1 N–H and O–H groups in total. The van der Waals surface area contributed by atoms with Gasteiger partial charge in [-0.05, 0) is 36.5 Å². The average Bonchev–Trinajstić information content (AvgIpc) is 2.52. The second-order valence-electron chi connectivity index (χ2n) is 6.52. The lowest BCUT2D eigenvalue weighted by atomic mass is 9.91. The Morgan fingerprint density at radius 3 is 2.46 bits per heavy atom. The van der Waals surface area contributed by atoms with Crippen molar-refractivity contribution >= 4 is 15.9 Å². The van der Waals surface area contributed by atoms with Crippen LogP contribution in [0.4, 0.5) is 0 Å². The monoisotopic (exact) mass is 354 g/mol. The minimum absolute atomic E-state index is 0.0756. The van der Waals surface area contributed by atoms with Crippen LogP contribution in [0.5, 0.6) is 5.75 Å². The number of methoxy groups -OCH3 is 1. The third-order valence-electron chi connectivity index (χ3n) is 4.20. The van der Waals surface area contributed by atoms with Crippen molar-refractivity contribution in [2.45, 2.75) is 32.1 Å². The van der Waals surface area contributed by atoms with Gasteiger partial charge in [0.1, 0.15) is 5.75 Å². The second-order valence-corrected chi connectivity index (χ2v) is 8.29. The number of hydrogen-bond donors (Lipinski definition) is 1. The first-order valence-electron chi connectivity index (χ1n) is 8.25. The van der Waals surface area contributed by atoms with Crippen LogP contribution in [0.25, 0.3) is 0 Å². The largest absolute Gasteiger partial charge is 0.496 e. The number of carbonyl (C=O) groups excluding carboxylic acids is 1. The number of ether oxygens (including phenoxy) is 1. The first kappa shape index (κ1) is 18.7. The summed E-state index contributed by atoms with van der Waals surface area (Å²) in [6.07, 6.45) is 1.09. The van der Waals surface area contributed by atoms with Gasteiger partial charge < -0.3 is 9.64 Å². The number of hydrogen-bond acceptors (Lipinski definition) is 4. The van der Waals surface area contributed by atoms with Crippen LogP contribution in [0.1, 0.15) is 37.6 Å². The van der Waals surface area contributed by atoms with Crippen molar-refractivity contribution in [3.63, 3.8) is 0 Å². The summed E-state index contributed by atoms with van der Waals surface area (Å²) >= 11 is 0. The van der Waals surface area contributed by atoms with Crippen LogP contribution in [-0.4, -0.2) is 46.0 Å². The molecular formula is C17H26N2O4S. The molecule has 0 aliphatic carbocycles. The Morgan fingerprint density at radius 1 is 1.29 bits per heavy atom. The van der Waals surface area contributed by atoms with E-state index in [1.807, 2.05) is 0 Å². The summed E-state index contributed by atoms with van der Waals surface area (Å²) in [5.41, 5.74) is 0.290. The highest BCUT2D eigenvalue weighted by molar-refractivity contribution is 7.89. The molecule has 1 aliphatic heterocycles. The predicted octanol–water partition coefficient (Wildman–Crippen LogP) is 2.11. The number of likely N-dealkylation sites (tertiary alicyclic amines) is 1. The van der Waals surface area contributed by atoms with Gasteiger partial charge in [0.2, 0.25) is 10.0 Å². The molecule has 134 valence electrons. The van der Waals surface area contributed by atoms with Gasteiger partial charge in [0, 0.05) is 19.6 Å². The quantitative estimate of drug-likeness (QED) is 0.879. The van der Waals surface area contributed by atoms with Gasteiger partial charge in [0.15, 0.2) is 0 Å². The summed E-state index contributed by atoms with van der Waals surface area (Å²) in [5.74, 6) is 1.06. The maximum absolute atomic E-state index is 12.9. The number of carbonyl (C=O) groups is 1. The Labute approximate surface area is 144 Å². The van der Waals surface area contributed by atoms with Crippen molar-refractivity contribution < 1.29 is 17.9 Å². The molecule has 0 unspecified atom stereocenters. The Bertz CT molecular complexity index is 693. The maximum Gasteiger partial charge on any atom is 0.257 e. The van der Waals surface area contributed by atoms with E-state index in [2.05, 4.69) is 18.6 Å². The molecule has 1 aromatic carbocycles. The van der Waals surface area contributed by atoms with Crippen molar-refractivity contribution in [1.82, 2.24) is 9.62 Å². The van der Waals surface area contributed by atoms with Gasteiger partial charge in [-0.25, -0.2) is 13.1 Å². The first-order chi connectivity index (χ1) is 11.3. The van der Waals surface area contributed by atoms with Crippen LogP contribution in [0.2, 0.25) is 0 Å². The molecule has 0 spiro atoms. The van der Waals surface area contributed by atoms with E-state index in [-0.39, 0.29) is 16.4 Å². The highest BCUT2D eigenvalue weighted by atomic mass is 32.2. The van der Waals surface area contributed by atoms with Gasteiger partial charge in [-0.3, -0.25) is 4.79 Å². The van der Waals surface area contributed by atoms with Crippen LogP contribution < -0.4 is 9.46 Å². The average molecular weight is 354 g/mol. The minimum Gasteiger partial charge on any atom is -0.496 e. The molecule has 1 fully saturated rings. The molecule has 1 aromatic rings. The molecule has 0 radical (unpaired) electrons. The summed E-state index contributed by atoms with van der Waals surface area (Å²) in [7, 11) is -2.14. The van der Waals surface area contributed by atoms with E-state index >= 15 is 0 Å². The van der Waals surface area contributed by atoms with Crippen molar-refractivity contribution in [1.29, 1.82) is 0 Å². The highest BCUT2D eigenvalue weighted by Gasteiger charge is 2.28. The molecule has 1 aliphatic rings. The molecule has 6 nitrogen and oxygen atoms in total. The Hall–Kier alpha value is -1.60. The van der Waals surface area contributed by atoms with Crippen LogP contribution >= 0.6 is 0 Å². The van der Waals surface area contributed by atoms with E-state index in [1.165, 1.54) is 25.3 Å². The molecule has 1 heterocycles. The van der Waals surface area contributed by atoms with Crippen molar-refractivity contribution in [3.8, 4) is 5.75 Å². The first-order valence-corrected chi connectivity index (χ1v) is 9.73. The lowest BCUT2D eigenvalue weighted by molar-refractivity contribution is 0.0619. The minimum atomic E-state index is -3.62. The fourth-order valence-corrected chi connectivity index (χ4v) is 4.36. The number of benzene rings is 1. The van der Waals surface area contributed by atoms with Gasteiger partial charge in [-0.1, -0.05) is 20.8 Å². The lowest BCUT2D eigenvalue weighted by Crippen LogP contribution is -2.42. The van der Waals surface area contributed by atoms with E-state index < -0.39 is 10.0 Å². The van der Waals surface area contributed by atoms with E-state index in [0.29, 0.717) is 37.2 Å². The van der Waals surface area contributed by atoms with Gasteiger partial charge in [-0.2, -0.15) is 0 Å². The molecule has 0 bridgehead atoms. The molecule has 2 rings (SSSR count). The van der Waals surface area contributed by atoms with Gasteiger partial charge >= 0.3 is 0 Å². The van der Waals surface area contributed by atoms with E-state index in [4.69, 9.17) is 4.74 Å². The summed E-state index contributed by atoms with van der Waals surface area (Å²) in [6.45, 7) is 7.61. The Kier molecular flexibility index (Phi) is 5.87. The zero-order valence-electron chi connectivity index (χ0n) is 14.7. The van der Waals surface area contributed by atoms with Gasteiger partial charge in [0.25, 0.3) is 5.91 Å². The van der Waals surface area contributed by atoms with Crippen molar-refractivity contribution in [2.75, 3.05) is 26.7 Å². The fourth-order valence-electron chi connectivity index (χ4n) is 3.29. The fraction of sp³-hybridized carbons (Fsp3) is 0.588. The smallest absolute Gasteiger partial charge is 0.257 e. The Balaban J connectivity index is 2.38. The zero-order valence-corrected chi connectivity index (χ0v) is 15.5. The predicted molar refractivity (Wildman–Crippen MR) is 92.7 cm³/mol. The van der Waals surface area contributed by atoms with Gasteiger partial charge in [0.05, 0.1) is 17.6 Å². The molecule has 1 saturated heterocycles. The summed E-state index contributed by atoms with van der Waals surface area (Å²) in [5, 5.41) is 0. The van der Waals surface area contributed by atoms with Crippen molar-refractivity contribution in [3.05, 3.63) is 23.8 Å². The van der Waals surface area contributed by atoms with Gasteiger partial charge in [-0.15, -0.1) is 0 Å². The normalized spacial score (nSPS) is 21.6. The number of rotatable bonds is 5. The molecule has 24 heavy (non-hydrogen) atoms. The third-order valence-corrected chi connectivity index (χ3v) is 5.75. The number of nitrogens with one attached hydrogen (secondary N) is 1. The zero-order chi connectivity index (χ0) is 17.9. The third kappa shape index (κ3) is 4.08. The number of amides is 1. The van der Waals surface area contributed by atoms with Crippen LogP contribution in [0.3, 0.4) is 0 Å². The number of sulfonamides is 1. The standard InChI is InChI=1S/C17H26N2O4S/c1-5-18-24(21,22)14-6-7-16(23-4)15(9-14)17(20)19-10-12(2)8-13(3)11-19/h6-7,9,12-13,18H,5,8,10-11H2,1-4H3/t12-,13-/m0/s1. The molecular weight excluding hydrogens is 328 g/mol. The lowest BCUT2D eigenvalue weighted by Gasteiger charge is -2.35. The van der Waals surface area contributed by atoms with Crippen LogP contribution in [0, 0.1) is 11.8 Å². The van der Waals surface area contributed by atoms with E-state index in [1.54, 1.807) is 11.8 Å². The molecule has 1 amide bonds. The van der Waals surface area contributed by atoms with E-state index in [9.17, 15) is 13.2 Å². The SMILES string of the molecule is CCNS(=O)(=O)c1ccc(OC)c(C(=O)N2C[C@@H](C)C[C@H](C)C2)c1. The number of piperidine rings is 1. The Morgan fingerprint density at radius 2 is 1.92 bits per heavy atom. The molecule has 2 atom stereocenters. The van der Waals surface area contributed by atoms with Crippen LogP contribution in [0.15, 0.2) is 23.1 Å². The second kappa shape index (κ2) is 7.53. The highest BCUT2D eigenvalue weighted by Crippen LogP contribution is 2.27. The number of nitrogens with zero attached hydrogens (tertiary/aromatic N) is 1. The van der Waals surface area contributed by atoms with Crippen LogP contribution in [-0.2, 0) is 10.0 Å². The van der Waals surface area contributed by atoms with Crippen molar-refractivity contribution in [2.24, 2.45) is 11.8 Å². The molecule has 0 saturated carbocycles. The topological polar surface area (TPSA) is 75.7 Å². The summed E-state index contributed by atoms with van der Waals surface area (Å²) in [6, 6.07) is 4.40. The molecule has 0 aromatic heterocycles. The van der Waals surface area contributed by atoms with E-state index in [0.717, 1.165) is 6.42 Å². The maximum atomic E-state index is 12.9. The molecule has 7 heteroatoms. The summed E-state index contributed by atoms with van der Waals surface area (Å²) < 4.78 is 32.1. The summed E-state index contributed by atoms with van der Waals surface area (Å²) in [4.78, 5) is 14.8.